The van der Waals surface area contributed by atoms with E-state index in [1.165, 1.54) is 12.1 Å². The van der Waals surface area contributed by atoms with E-state index in [1.807, 2.05) is 0 Å². The molecule has 2 rings (SSSR count). The maximum atomic E-state index is 11.7. The van der Waals surface area contributed by atoms with E-state index in [-0.39, 0.29) is 16.8 Å². The van der Waals surface area contributed by atoms with Gasteiger partial charge in [0, 0.05) is 0 Å². The Morgan fingerprint density at radius 3 is 2.48 bits per heavy atom. The standard InChI is InChI=1S/C14H14ClN3O3/c1-20-10-2-4-11(5-3-10)21-9-8-16-14(19)12-6-7-13(15)18-17-12/h2-7H,8-9H2,1H3,(H,16,19). The van der Waals surface area contributed by atoms with Crippen LogP contribution in [0.15, 0.2) is 36.4 Å². The van der Waals surface area contributed by atoms with Crippen LogP contribution in [0.4, 0.5) is 0 Å². The van der Waals surface area contributed by atoms with E-state index in [0.717, 1.165) is 5.75 Å². The summed E-state index contributed by atoms with van der Waals surface area (Å²) in [4.78, 5) is 11.7. The number of rotatable bonds is 6. The lowest BCUT2D eigenvalue weighted by molar-refractivity contribution is 0.0941. The Balaban J connectivity index is 1.73. The quantitative estimate of drug-likeness (QED) is 0.826. The zero-order chi connectivity index (χ0) is 15.1. The predicted octanol–water partition coefficient (Wildman–Crippen LogP) is 1.95. The summed E-state index contributed by atoms with van der Waals surface area (Å²) >= 11 is 5.60. The summed E-state index contributed by atoms with van der Waals surface area (Å²) in [6.07, 6.45) is 0. The zero-order valence-corrected chi connectivity index (χ0v) is 12.1. The molecule has 0 unspecified atom stereocenters. The van der Waals surface area contributed by atoms with Gasteiger partial charge < -0.3 is 14.8 Å². The molecule has 110 valence electrons. The molecular weight excluding hydrogens is 294 g/mol. The van der Waals surface area contributed by atoms with Crippen LogP contribution in [-0.4, -0.2) is 36.4 Å². The summed E-state index contributed by atoms with van der Waals surface area (Å²) in [6, 6.07) is 10.2. The Kier molecular flexibility index (Phi) is 5.34. The first kappa shape index (κ1) is 15.1. The molecule has 0 saturated heterocycles. The van der Waals surface area contributed by atoms with Crippen LogP contribution in [0.1, 0.15) is 10.5 Å². The van der Waals surface area contributed by atoms with E-state index in [4.69, 9.17) is 21.1 Å². The van der Waals surface area contributed by atoms with Gasteiger partial charge in [-0.2, -0.15) is 0 Å². The number of carbonyl (C=O) groups is 1. The number of nitrogens with one attached hydrogen (secondary N) is 1. The summed E-state index contributed by atoms with van der Waals surface area (Å²) in [5, 5.41) is 10.2. The second-order valence-corrected chi connectivity index (χ2v) is 4.41. The largest absolute Gasteiger partial charge is 0.497 e. The van der Waals surface area contributed by atoms with Crippen LogP contribution in [0.5, 0.6) is 11.5 Å². The highest BCUT2D eigenvalue weighted by Gasteiger charge is 2.06. The van der Waals surface area contributed by atoms with Crippen LogP contribution >= 0.6 is 11.6 Å². The molecule has 7 heteroatoms. The van der Waals surface area contributed by atoms with Gasteiger partial charge in [-0.25, -0.2) is 0 Å². The number of carbonyl (C=O) groups excluding carboxylic acids is 1. The molecule has 0 atom stereocenters. The second-order valence-electron chi connectivity index (χ2n) is 4.02. The first-order valence-corrected chi connectivity index (χ1v) is 6.61. The number of nitrogens with zero attached hydrogens (tertiary/aromatic N) is 2. The van der Waals surface area contributed by atoms with E-state index in [0.29, 0.717) is 18.9 Å². The molecule has 1 amide bonds. The van der Waals surface area contributed by atoms with Gasteiger partial charge >= 0.3 is 0 Å². The van der Waals surface area contributed by atoms with Gasteiger partial charge in [-0.05, 0) is 36.4 Å². The fourth-order valence-electron chi connectivity index (χ4n) is 1.53. The van der Waals surface area contributed by atoms with Crippen LogP contribution in [-0.2, 0) is 0 Å². The van der Waals surface area contributed by atoms with Crippen LogP contribution in [0, 0.1) is 0 Å². The molecule has 0 saturated carbocycles. The molecular formula is C14H14ClN3O3. The first-order chi connectivity index (χ1) is 10.2. The Morgan fingerprint density at radius 2 is 1.86 bits per heavy atom. The second kappa shape index (κ2) is 7.44. The molecule has 1 N–H and O–H groups in total. The number of methoxy groups -OCH3 is 1. The van der Waals surface area contributed by atoms with Crippen molar-refractivity contribution in [3.05, 3.63) is 47.2 Å². The molecule has 0 radical (unpaired) electrons. The van der Waals surface area contributed by atoms with Crippen molar-refractivity contribution in [3.63, 3.8) is 0 Å². The van der Waals surface area contributed by atoms with Crippen molar-refractivity contribution in [1.29, 1.82) is 0 Å². The van der Waals surface area contributed by atoms with Crippen LogP contribution < -0.4 is 14.8 Å². The number of aromatic nitrogens is 2. The first-order valence-electron chi connectivity index (χ1n) is 6.23. The highest BCUT2D eigenvalue weighted by atomic mass is 35.5. The highest BCUT2D eigenvalue weighted by Crippen LogP contribution is 2.16. The summed E-state index contributed by atoms with van der Waals surface area (Å²) < 4.78 is 10.5. The number of hydrogen-bond acceptors (Lipinski definition) is 5. The van der Waals surface area contributed by atoms with Crippen molar-refractivity contribution >= 4 is 17.5 Å². The Hall–Kier alpha value is -2.34. The Labute approximate surface area is 127 Å². The molecule has 1 aromatic carbocycles. The molecule has 21 heavy (non-hydrogen) atoms. The van der Waals surface area contributed by atoms with E-state index in [2.05, 4.69) is 15.5 Å². The van der Waals surface area contributed by atoms with Gasteiger partial charge in [0.15, 0.2) is 10.8 Å². The lowest BCUT2D eigenvalue weighted by atomic mass is 10.3. The van der Waals surface area contributed by atoms with Crippen molar-refractivity contribution in [3.8, 4) is 11.5 Å². The minimum Gasteiger partial charge on any atom is -0.497 e. The van der Waals surface area contributed by atoms with Crippen molar-refractivity contribution in [1.82, 2.24) is 15.5 Å². The van der Waals surface area contributed by atoms with E-state index in [1.54, 1.807) is 31.4 Å². The van der Waals surface area contributed by atoms with Gasteiger partial charge in [0.2, 0.25) is 0 Å². The van der Waals surface area contributed by atoms with Crippen LogP contribution in [0.3, 0.4) is 0 Å². The third-order valence-electron chi connectivity index (χ3n) is 2.58. The van der Waals surface area contributed by atoms with Crippen molar-refractivity contribution in [2.45, 2.75) is 0 Å². The summed E-state index contributed by atoms with van der Waals surface area (Å²) in [6.45, 7) is 0.703. The van der Waals surface area contributed by atoms with Crippen molar-refractivity contribution < 1.29 is 14.3 Å². The third kappa shape index (κ3) is 4.61. The average Bonchev–Trinajstić information content (AvgIpc) is 2.52. The van der Waals surface area contributed by atoms with Gasteiger partial charge in [-0.15, -0.1) is 10.2 Å². The fourth-order valence-corrected chi connectivity index (χ4v) is 1.63. The number of halogens is 1. The van der Waals surface area contributed by atoms with Crippen molar-refractivity contribution in [2.75, 3.05) is 20.3 Å². The number of amides is 1. The summed E-state index contributed by atoms with van der Waals surface area (Å²) in [7, 11) is 1.60. The SMILES string of the molecule is COc1ccc(OCCNC(=O)c2ccc(Cl)nn2)cc1. The molecule has 1 aromatic heterocycles. The zero-order valence-electron chi connectivity index (χ0n) is 11.4. The number of hydrogen-bond donors (Lipinski definition) is 1. The van der Waals surface area contributed by atoms with E-state index >= 15 is 0 Å². The smallest absolute Gasteiger partial charge is 0.271 e. The molecule has 2 aromatic rings. The molecule has 1 heterocycles. The molecule has 0 fully saturated rings. The molecule has 6 nitrogen and oxygen atoms in total. The molecule has 0 aliphatic heterocycles. The fraction of sp³-hybridized carbons (Fsp3) is 0.214. The molecule has 0 bridgehead atoms. The molecule has 0 aliphatic rings. The lowest BCUT2D eigenvalue weighted by Crippen LogP contribution is -2.28. The topological polar surface area (TPSA) is 73.3 Å². The average molecular weight is 308 g/mol. The van der Waals surface area contributed by atoms with Gasteiger partial charge in [-0.3, -0.25) is 4.79 Å². The van der Waals surface area contributed by atoms with Gasteiger partial charge in [0.25, 0.3) is 5.91 Å². The number of benzene rings is 1. The normalized spacial score (nSPS) is 10.0. The summed E-state index contributed by atoms with van der Waals surface area (Å²) in [5.41, 5.74) is 0.212. The Bertz CT molecular complexity index is 587. The summed E-state index contributed by atoms with van der Waals surface area (Å²) in [5.74, 6) is 1.14. The monoisotopic (exact) mass is 307 g/mol. The maximum absolute atomic E-state index is 11.7. The highest BCUT2D eigenvalue weighted by molar-refractivity contribution is 6.29. The minimum atomic E-state index is -0.322. The third-order valence-corrected chi connectivity index (χ3v) is 2.78. The minimum absolute atomic E-state index is 0.212. The van der Waals surface area contributed by atoms with E-state index < -0.39 is 0 Å². The van der Waals surface area contributed by atoms with Gasteiger partial charge in [0.05, 0.1) is 13.7 Å². The Morgan fingerprint density at radius 1 is 1.14 bits per heavy atom. The van der Waals surface area contributed by atoms with Crippen molar-refractivity contribution in [2.24, 2.45) is 0 Å². The predicted molar refractivity (Wildman–Crippen MR) is 77.9 cm³/mol. The lowest BCUT2D eigenvalue weighted by Gasteiger charge is -2.08. The molecule has 0 spiro atoms. The molecule has 0 aliphatic carbocycles. The van der Waals surface area contributed by atoms with Gasteiger partial charge in [0.1, 0.15) is 18.1 Å². The van der Waals surface area contributed by atoms with Crippen LogP contribution in [0.2, 0.25) is 5.15 Å². The van der Waals surface area contributed by atoms with Gasteiger partial charge in [-0.1, -0.05) is 11.6 Å². The number of ether oxygens (including phenoxy) is 2. The van der Waals surface area contributed by atoms with E-state index in [9.17, 15) is 4.79 Å². The van der Waals surface area contributed by atoms with Crippen LogP contribution in [0.25, 0.3) is 0 Å². The maximum Gasteiger partial charge on any atom is 0.271 e.